The first-order valence-electron chi connectivity index (χ1n) is 8.97. The minimum absolute atomic E-state index is 0.0717. The molecule has 0 N–H and O–H groups in total. The van der Waals surface area contributed by atoms with E-state index in [0.29, 0.717) is 22.3 Å². The van der Waals surface area contributed by atoms with Crippen LogP contribution in [0.15, 0.2) is 59.6 Å². The lowest BCUT2D eigenvalue weighted by Crippen LogP contribution is -2.39. The second-order valence-electron chi connectivity index (χ2n) is 6.94. The van der Waals surface area contributed by atoms with E-state index in [-0.39, 0.29) is 28.7 Å². The molecule has 1 amide bonds. The van der Waals surface area contributed by atoms with E-state index in [1.165, 1.54) is 17.3 Å². The van der Waals surface area contributed by atoms with Crippen molar-refractivity contribution in [3.63, 3.8) is 0 Å². The molecule has 2 aromatic carbocycles. The number of thioether (sulfide) groups is 1. The minimum atomic E-state index is -3.05. The molecule has 2 aliphatic heterocycles. The number of hydrogen-bond donors (Lipinski definition) is 0. The second-order valence-corrected chi connectivity index (χ2v) is 10.7. The third-order valence-corrected chi connectivity index (χ3v) is 8.45. The van der Waals surface area contributed by atoms with Gasteiger partial charge in [-0.25, -0.2) is 8.42 Å². The van der Waals surface area contributed by atoms with Gasteiger partial charge in [0.25, 0.3) is 5.91 Å². The maximum atomic E-state index is 12.6. The number of aliphatic imine (C=N–C) groups is 1. The molecule has 2 heterocycles. The SMILES string of the molecule is O=C(N=C1S[C@H]2CS(=O)(=O)C[C@@H]2N1CCc1ccccc1)c1ccc(Cl)cc1. The van der Waals surface area contributed by atoms with E-state index in [4.69, 9.17) is 11.6 Å². The summed E-state index contributed by atoms with van der Waals surface area (Å²) in [6.07, 6.45) is 0.763. The van der Waals surface area contributed by atoms with E-state index in [1.54, 1.807) is 24.3 Å². The molecule has 2 aliphatic rings. The molecule has 5 nitrogen and oxygen atoms in total. The van der Waals surface area contributed by atoms with Gasteiger partial charge in [-0.1, -0.05) is 53.7 Å². The predicted molar refractivity (Wildman–Crippen MR) is 114 cm³/mol. The van der Waals surface area contributed by atoms with Crippen LogP contribution in [0.1, 0.15) is 15.9 Å². The molecule has 0 aliphatic carbocycles. The van der Waals surface area contributed by atoms with Crippen molar-refractivity contribution in [1.29, 1.82) is 0 Å². The van der Waals surface area contributed by atoms with Crippen LogP contribution in [0.4, 0.5) is 0 Å². The molecule has 2 saturated heterocycles. The zero-order valence-corrected chi connectivity index (χ0v) is 17.4. The number of carbonyl (C=O) groups is 1. The van der Waals surface area contributed by atoms with Crippen LogP contribution >= 0.6 is 23.4 Å². The molecule has 2 fully saturated rings. The van der Waals surface area contributed by atoms with E-state index >= 15 is 0 Å². The Morgan fingerprint density at radius 2 is 1.82 bits per heavy atom. The monoisotopic (exact) mass is 434 g/mol. The van der Waals surface area contributed by atoms with Gasteiger partial charge in [0, 0.05) is 22.4 Å². The average Bonchev–Trinajstić information content (AvgIpc) is 3.12. The maximum absolute atomic E-state index is 12.6. The van der Waals surface area contributed by atoms with Crippen LogP contribution in [0.2, 0.25) is 5.02 Å². The number of amidine groups is 1. The van der Waals surface area contributed by atoms with Gasteiger partial charge in [-0.05, 0) is 36.2 Å². The fourth-order valence-electron chi connectivity index (χ4n) is 3.54. The molecule has 4 rings (SSSR count). The number of sulfone groups is 1. The van der Waals surface area contributed by atoms with Gasteiger partial charge in [0.2, 0.25) is 0 Å². The molecule has 0 unspecified atom stereocenters. The average molecular weight is 435 g/mol. The van der Waals surface area contributed by atoms with Crippen molar-refractivity contribution in [2.24, 2.45) is 4.99 Å². The van der Waals surface area contributed by atoms with Crippen molar-refractivity contribution in [1.82, 2.24) is 4.90 Å². The number of hydrogen-bond acceptors (Lipinski definition) is 4. The third-order valence-electron chi connectivity index (χ3n) is 4.95. The Labute approximate surface area is 173 Å². The topological polar surface area (TPSA) is 66.8 Å². The summed E-state index contributed by atoms with van der Waals surface area (Å²) >= 11 is 7.29. The summed E-state index contributed by atoms with van der Waals surface area (Å²) in [5.41, 5.74) is 1.63. The molecule has 28 heavy (non-hydrogen) atoms. The first-order valence-corrected chi connectivity index (χ1v) is 12.1. The second kappa shape index (κ2) is 7.89. The van der Waals surface area contributed by atoms with Gasteiger partial charge in [0.05, 0.1) is 17.5 Å². The lowest BCUT2D eigenvalue weighted by molar-refractivity contribution is 0.100. The predicted octanol–water partition coefficient (Wildman–Crippen LogP) is 3.29. The van der Waals surface area contributed by atoms with Gasteiger partial charge >= 0.3 is 0 Å². The summed E-state index contributed by atoms with van der Waals surface area (Å²) in [6.45, 7) is 0.625. The number of halogens is 1. The largest absolute Gasteiger partial charge is 0.346 e. The summed E-state index contributed by atoms with van der Waals surface area (Å²) in [6, 6.07) is 16.5. The van der Waals surface area contributed by atoms with Crippen molar-refractivity contribution in [2.75, 3.05) is 18.1 Å². The highest BCUT2D eigenvalue weighted by atomic mass is 35.5. The molecule has 2 aromatic rings. The van der Waals surface area contributed by atoms with E-state index in [9.17, 15) is 13.2 Å². The molecular formula is C20H19ClN2O3S2. The van der Waals surface area contributed by atoms with Gasteiger partial charge in [0.15, 0.2) is 15.0 Å². The number of amides is 1. The normalized spacial score (nSPS) is 24.5. The number of carbonyl (C=O) groups excluding carboxylic acids is 1. The minimum Gasteiger partial charge on any atom is -0.346 e. The summed E-state index contributed by atoms with van der Waals surface area (Å²) in [5, 5.41) is 1.10. The Balaban J connectivity index is 1.57. The summed E-state index contributed by atoms with van der Waals surface area (Å²) in [7, 11) is -3.05. The lowest BCUT2D eigenvalue weighted by Gasteiger charge is -2.24. The Hall–Kier alpha value is -1.83. The van der Waals surface area contributed by atoms with Crippen molar-refractivity contribution in [3.05, 3.63) is 70.7 Å². The first kappa shape index (κ1) is 19.5. The fourth-order valence-corrected chi connectivity index (χ4v) is 7.64. The van der Waals surface area contributed by atoms with Crippen molar-refractivity contribution < 1.29 is 13.2 Å². The number of nitrogens with zero attached hydrogens (tertiary/aromatic N) is 2. The maximum Gasteiger partial charge on any atom is 0.279 e. The standard InChI is InChI=1S/C20H19ClN2O3S2/c21-16-8-6-15(7-9-16)19(24)22-20-23(11-10-14-4-2-1-3-5-14)17-12-28(25,26)13-18(17)27-20/h1-9,17-18H,10-13H2/t17-,18-/m0/s1. The lowest BCUT2D eigenvalue weighted by atomic mass is 10.1. The zero-order valence-electron chi connectivity index (χ0n) is 15.0. The van der Waals surface area contributed by atoms with Crippen LogP contribution in [-0.2, 0) is 16.3 Å². The van der Waals surface area contributed by atoms with E-state index in [2.05, 4.69) is 4.99 Å². The van der Waals surface area contributed by atoms with Gasteiger partial charge in [-0.2, -0.15) is 4.99 Å². The number of benzene rings is 2. The van der Waals surface area contributed by atoms with Gasteiger partial charge in [-0.15, -0.1) is 0 Å². The number of rotatable bonds is 4. The van der Waals surface area contributed by atoms with Crippen LogP contribution in [-0.4, -0.2) is 53.7 Å². The molecular weight excluding hydrogens is 416 g/mol. The summed E-state index contributed by atoms with van der Waals surface area (Å²) in [5.74, 6) is -0.0851. The van der Waals surface area contributed by atoms with Crippen LogP contribution in [0.5, 0.6) is 0 Å². The zero-order chi connectivity index (χ0) is 19.7. The van der Waals surface area contributed by atoms with Crippen molar-refractivity contribution >= 4 is 44.3 Å². The highest BCUT2D eigenvalue weighted by Crippen LogP contribution is 2.38. The fraction of sp³-hybridized carbons (Fsp3) is 0.300. The van der Waals surface area contributed by atoms with Gasteiger partial charge in [0.1, 0.15) is 0 Å². The smallest absolute Gasteiger partial charge is 0.279 e. The molecule has 0 aromatic heterocycles. The summed E-state index contributed by atoms with van der Waals surface area (Å²) < 4.78 is 24.2. The molecule has 0 spiro atoms. The van der Waals surface area contributed by atoms with E-state index in [0.717, 1.165) is 6.42 Å². The highest BCUT2D eigenvalue weighted by Gasteiger charge is 2.48. The molecule has 8 heteroatoms. The Kier molecular flexibility index (Phi) is 5.49. The molecule has 2 atom stereocenters. The first-order chi connectivity index (χ1) is 13.4. The highest BCUT2D eigenvalue weighted by molar-refractivity contribution is 8.15. The van der Waals surface area contributed by atoms with Crippen LogP contribution in [0, 0.1) is 0 Å². The van der Waals surface area contributed by atoms with Crippen LogP contribution < -0.4 is 0 Å². The van der Waals surface area contributed by atoms with Crippen molar-refractivity contribution in [3.8, 4) is 0 Å². The number of fused-ring (bicyclic) bond motifs is 1. The molecule has 146 valence electrons. The summed E-state index contributed by atoms with van der Waals surface area (Å²) in [4.78, 5) is 18.9. The van der Waals surface area contributed by atoms with E-state index < -0.39 is 9.84 Å². The van der Waals surface area contributed by atoms with Crippen molar-refractivity contribution in [2.45, 2.75) is 17.7 Å². The Morgan fingerprint density at radius 3 is 2.54 bits per heavy atom. The third kappa shape index (κ3) is 4.26. The van der Waals surface area contributed by atoms with Crippen LogP contribution in [0.3, 0.4) is 0 Å². The molecule has 0 radical (unpaired) electrons. The van der Waals surface area contributed by atoms with E-state index in [1.807, 2.05) is 35.2 Å². The van der Waals surface area contributed by atoms with Gasteiger partial charge < -0.3 is 4.90 Å². The van der Waals surface area contributed by atoms with Gasteiger partial charge in [-0.3, -0.25) is 4.79 Å². The Bertz CT molecular complexity index is 1010. The quantitative estimate of drug-likeness (QED) is 0.738. The molecule has 0 bridgehead atoms. The molecule has 0 saturated carbocycles. The Morgan fingerprint density at radius 1 is 1.11 bits per heavy atom. The van der Waals surface area contributed by atoms with Crippen LogP contribution in [0.25, 0.3) is 0 Å².